The van der Waals surface area contributed by atoms with Crippen LogP contribution >= 0.6 is 11.3 Å². The van der Waals surface area contributed by atoms with Crippen LogP contribution in [0, 0.1) is 0 Å². The fourth-order valence-corrected chi connectivity index (χ4v) is 2.62. The molecule has 0 unspecified atom stereocenters. The second kappa shape index (κ2) is 6.30. The zero-order valence-electron chi connectivity index (χ0n) is 10.9. The Kier molecular flexibility index (Phi) is 4.04. The number of rotatable bonds is 5. The molecule has 3 nitrogen and oxygen atoms in total. The van der Waals surface area contributed by atoms with E-state index in [-0.39, 0.29) is 0 Å². The standard InChI is InChI=1S/C16H14N2OS/c1-2-4-13(5-3-1)8-11-19-15-12-20-16(18-15)14-6-9-17-10-7-14/h1-7,9-10,12H,8,11H2. The number of benzene rings is 1. The van der Waals surface area contributed by atoms with Crippen molar-refractivity contribution in [1.82, 2.24) is 9.97 Å². The van der Waals surface area contributed by atoms with Crippen molar-refractivity contribution in [3.63, 3.8) is 0 Å². The molecule has 0 atom stereocenters. The van der Waals surface area contributed by atoms with Gasteiger partial charge in [0.05, 0.1) is 12.0 Å². The largest absolute Gasteiger partial charge is 0.477 e. The number of hydrogen-bond acceptors (Lipinski definition) is 4. The van der Waals surface area contributed by atoms with Crippen LogP contribution in [-0.4, -0.2) is 16.6 Å². The fourth-order valence-electron chi connectivity index (χ4n) is 1.87. The molecular weight excluding hydrogens is 268 g/mol. The van der Waals surface area contributed by atoms with Gasteiger partial charge in [-0.05, 0) is 17.7 Å². The van der Waals surface area contributed by atoms with Crippen LogP contribution in [0.2, 0.25) is 0 Å². The molecule has 0 saturated heterocycles. The van der Waals surface area contributed by atoms with Gasteiger partial charge in [0.25, 0.3) is 0 Å². The summed E-state index contributed by atoms with van der Waals surface area (Å²) in [7, 11) is 0. The third kappa shape index (κ3) is 3.22. The summed E-state index contributed by atoms with van der Waals surface area (Å²) in [5.74, 6) is 0.692. The van der Waals surface area contributed by atoms with Gasteiger partial charge in [-0.1, -0.05) is 30.3 Å². The van der Waals surface area contributed by atoms with E-state index in [0.29, 0.717) is 12.5 Å². The van der Waals surface area contributed by atoms with E-state index in [1.54, 1.807) is 23.7 Å². The van der Waals surface area contributed by atoms with Crippen molar-refractivity contribution in [1.29, 1.82) is 0 Å². The average molecular weight is 282 g/mol. The third-order valence-corrected chi connectivity index (χ3v) is 3.76. The monoisotopic (exact) mass is 282 g/mol. The van der Waals surface area contributed by atoms with Crippen molar-refractivity contribution in [2.75, 3.05) is 6.61 Å². The van der Waals surface area contributed by atoms with E-state index in [9.17, 15) is 0 Å². The lowest BCUT2D eigenvalue weighted by Gasteiger charge is -2.02. The highest BCUT2D eigenvalue weighted by atomic mass is 32.1. The van der Waals surface area contributed by atoms with E-state index in [1.165, 1.54) is 5.56 Å². The SMILES string of the molecule is c1ccc(CCOc2csc(-c3ccncc3)n2)cc1. The van der Waals surface area contributed by atoms with Crippen molar-refractivity contribution >= 4 is 11.3 Å². The summed E-state index contributed by atoms with van der Waals surface area (Å²) in [6.07, 6.45) is 4.43. The molecule has 2 aromatic heterocycles. The summed E-state index contributed by atoms with van der Waals surface area (Å²) >= 11 is 1.59. The topological polar surface area (TPSA) is 35.0 Å². The maximum absolute atomic E-state index is 5.70. The van der Waals surface area contributed by atoms with Crippen LogP contribution in [0.15, 0.2) is 60.2 Å². The Morgan fingerprint density at radius 2 is 1.80 bits per heavy atom. The number of nitrogens with zero attached hydrogens (tertiary/aromatic N) is 2. The van der Waals surface area contributed by atoms with Gasteiger partial charge in [-0.2, -0.15) is 0 Å². The van der Waals surface area contributed by atoms with Crippen LogP contribution in [0.1, 0.15) is 5.56 Å². The molecule has 0 aliphatic heterocycles. The molecular formula is C16H14N2OS. The van der Waals surface area contributed by atoms with Gasteiger partial charge >= 0.3 is 0 Å². The predicted octanol–water partition coefficient (Wildman–Crippen LogP) is 3.83. The van der Waals surface area contributed by atoms with Gasteiger partial charge in [0, 0.05) is 24.4 Å². The molecule has 1 aromatic carbocycles. The predicted molar refractivity (Wildman–Crippen MR) is 81.0 cm³/mol. The smallest absolute Gasteiger partial charge is 0.224 e. The van der Waals surface area contributed by atoms with Crippen molar-refractivity contribution in [2.24, 2.45) is 0 Å². The minimum absolute atomic E-state index is 0.642. The molecule has 0 saturated carbocycles. The molecule has 3 aromatic rings. The molecule has 0 radical (unpaired) electrons. The lowest BCUT2D eigenvalue weighted by molar-refractivity contribution is 0.312. The molecule has 0 aliphatic rings. The summed E-state index contributed by atoms with van der Waals surface area (Å²) in [6.45, 7) is 0.642. The highest BCUT2D eigenvalue weighted by molar-refractivity contribution is 7.13. The van der Waals surface area contributed by atoms with Gasteiger partial charge < -0.3 is 4.74 Å². The van der Waals surface area contributed by atoms with E-state index in [1.807, 2.05) is 35.7 Å². The maximum atomic E-state index is 5.70. The molecule has 0 spiro atoms. The molecule has 4 heteroatoms. The minimum Gasteiger partial charge on any atom is -0.477 e. The van der Waals surface area contributed by atoms with Gasteiger partial charge in [-0.3, -0.25) is 4.98 Å². The Morgan fingerprint density at radius 3 is 2.60 bits per heavy atom. The Hall–Kier alpha value is -2.20. The highest BCUT2D eigenvalue weighted by Gasteiger charge is 2.05. The first-order valence-corrected chi connectivity index (χ1v) is 7.32. The highest BCUT2D eigenvalue weighted by Crippen LogP contribution is 2.26. The summed E-state index contributed by atoms with van der Waals surface area (Å²) in [5, 5.41) is 2.91. The molecule has 3 rings (SSSR count). The van der Waals surface area contributed by atoms with Crippen molar-refractivity contribution in [3.8, 4) is 16.5 Å². The third-order valence-electron chi connectivity index (χ3n) is 2.89. The van der Waals surface area contributed by atoms with Gasteiger partial charge in [0.1, 0.15) is 5.01 Å². The quantitative estimate of drug-likeness (QED) is 0.713. The normalized spacial score (nSPS) is 10.4. The number of thiazole rings is 1. The Balaban J connectivity index is 1.58. The maximum Gasteiger partial charge on any atom is 0.224 e. The van der Waals surface area contributed by atoms with Gasteiger partial charge in [0.2, 0.25) is 5.88 Å². The van der Waals surface area contributed by atoms with Gasteiger partial charge in [0.15, 0.2) is 0 Å². The second-order valence-corrected chi connectivity index (χ2v) is 5.17. The van der Waals surface area contributed by atoms with E-state index in [2.05, 4.69) is 22.1 Å². The van der Waals surface area contributed by atoms with Gasteiger partial charge in [-0.25, -0.2) is 4.98 Å². The summed E-state index contributed by atoms with van der Waals surface area (Å²) < 4.78 is 5.70. The van der Waals surface area contributed by atoms with Crippen LogP contribution in [0.25, 0.3) is 10.6 Å². The summed E-state index contributed by atoms with van der Waals surface area (Å²) in [5.41, 5.74) is 2.35. The minimum atomic E-state index is 0.642. The number of aromatic nitrogens is 2. The van der Waals surface area contributed by atoms with E-state index >= 15 is 0 Å². The Morgan fingerprint density at radius 1 is 1.00 bits per heavy atom. The molecule has 20 heavy (non-hydrogen) atoms. The molecule has 0 fully saturated rings. The van der Waals surface area contributed by atoms with Crippen LogP contribution in [0.5, 0.6) is 5.88 Å². The number of hydrogen-bond donors (Lipinski definition) is 0. The van der Waals surface area contributed by atoms with E-state index in [4.69, 9.17) is 4.74 Å². The molecule has 0 bridgehead atoms. The molecule has 2 heterocycles. The van der Waals surface area contributed by atoms with Crippen LogP contribution in [-0.2, 0) is 6.42 Å². The molecule has 0 aliphatic carbocycles. The molecule has 0 amide bonds. The number of pyridine rings is 1. The zero-order valence-corrected chi connectivity index (χ0v) is 11.7. The van der Waals surface area contributed by atoms with Crippen LogP contribution in [0.3, 0.4) is 0 Å². The summed E-state index contributed by atoms with van der Waals surface area (Å²) in [4.78, 5) is 8.49. The summed E-state index contributed by atoms with van der Waals surface area (Å²) in [6, 6.07) is 14.2. The van der Waals surface area contributed by atoms with Crippen molar-refractivity contribution in [3.05, 3.63) is 65.8 Å². The average Bonchev–Trinajstić information content (AvgIpc) is 2.98. The first-order valence-electron chi connectivity index (χ1n) is 6.44. The van der Waals surface area contributed by atoms with Crippen LogP contribution < -0.4 is 4.74 Å². The lowest BCUT2D eigenvalue weighted by atomic mass is 10.2. The second-order valence-electron chi connectivity index (χ2n) is 4.31. The lowest BCUT2D eigenvalue weighted by Crippen LogP contribution is -2.01. The van der Waals surface area contributed by atoms with Gasteiger partial charge in [-0.15, -0.1) is 11.3 Å². The molecule has 0 N–H and O–H groups in total. The van der Waals surface area contributed by atoms with Crippen LogP contribution in [0.4, 0.5) is 0 Å². The zero-order chi connectivity index (χ0) is 13.6. The Labute approximate surface area is 121 Å². The van der Waals surface area contributed by atoms with E-state index in [0.717, 1.165) is 17.0 Å². The first-order chi connectivity index (χ1) is 9.92. The molecule has 100 valence electrons. The number of ether oxygens (including phenoxy) is 1. The Bertz CT molecular complexity index is 653. The first kappa shape index (κ1) is 12.8. The fraction of sp³-hybridized carbons (Fsp3) is 0.125. The van der Waals surface area contributed by atoms with Crippen molar-refractivity contribution < 1.29 is 4.74 Å². The van der Waals surface area contributed by atoms with E-state index < -0.39 is 0 Å². The van der Waals surface area contributed by atoms with Crippen molar-refractivity contribution in [2.45, 2.75) is 6.42 Å².